The molecule has 104 valence electrons. The number of aromatic carboxylic acids is 1. The summed E-state index contributed by atoms with van der Waals surface area (Å²) in [6.07, 6.45) is 3.21. The lowest BCUT2D eigenvalue weighted by atomic mass is 10.3. The Bertz CT molecular complexity index is 476. The van der Waals surface area contributed by atoms with Gasteiger partial charge in [0.1, 0.15) is 0 Å². The highest BCUT2D eigenvalue weighted by Crippen LogP contribution is 1.91. The predicted octanol–water partition coefficient (Wildman–Crippen LogP) is 0.242. The van der Waals surface area contributed by atoms with Crippen LogP contribution in [0.15, 0.2) is 17.8 Å². The minimum atomic E-state index is -1.13. The van der Waals surface area contributed by atoms with Gasteiger partial charge in [-0.05, 0) is 13.8 Å². The molecule has 1 rings (SSSR count). The SMILES string of the molecule is CC(C)=CCNC(=O)NCCn1cc(C(=O)O)nn1. The van der Waals surface area contributed by atoms with Crippen LogP contribution in [0.2, 0.25) is 0 Å². The van der Waals surface area contributed by atoms with Gasteiger partial charge in [-0.3, -0.25) is 0 Å². The number of carbonyl (C=O) groups excluding carboxylic acids is 1. The van der Waals surface area contributed by atoms with Crippen molar-refractivity contribution in [1.82, 2.24) is 25.6 Å². The molecule has 19 heavy (non-hydrogen) atoms. The molecule has 8 heteroatoms. The summed E-state index contributed by atoms with van der Waals surface area (Å²) in [5.41, 5.74) is 1.01. The molecule has 0 bridgehead atoms. The molecular formula is C11H17N5O3. The number of hydrogen-bond acceptors (Lipinski definition) is 4. The molecule has 0 aliphatic carbocycles. The topological polar surface area (TPSA) is 109 Å². The Morgan fingerprint density at radius 2 is 2.16 bits per heavy atom. The fourth-order valence-electron chi connectivity index (χ4n) is 1.20. The molecule has 2 amide bonds. The molecule has 1 heterocycles. The third-order valence-electron chi connectivity index (χ3n) is 2.16. The van der Waals surface area contributed by atoms with Gasteiger partial charge in [0.15, 0.2) is 5.69 Å². The van der Waals surface area contributed by atoms with Gasteiger partial charge in [-0.2, -0.15) is 0 Å². The summed E-state index contributed by atoms with van der Waals surface area (Å²) in [5.74, 6) is -1.13. The van der Waals surface area contributed by atoms with Crippen molar-refractivity contribution in [1.29, 1.82) is 0 Å². The van der Waals surface area contributed by atoms with Crippen LogP contribution >= 0.6 is 0 Å². The van der Waals surface area contributed by atoms with Crippen molar-refractivity contribution >= 4 is 12.0 Å². The molecule has 0 fully saturated rings. The first-order valence-corrected chi connectivity index (χ1v) is 5.77. The number of nitrogens with zero attached hydrogens (tertiary/aromatic N) is 3. The van der Waals surface area contributed by atoms with Gasteiger partial charge in [0.05, 0.1) is 12.7 Å². The zero-order valence-electron chi connectivity index (χ0n) is 10.9. The molecule has 8 nitrogen and oxygen atoms in total. The molecule has 3 N–H and O–H groups in total. The van der Waals surface area contributed by atoms with Gasteiger partial charge < -0.3 is 15.7 Å². The number of amides is 2. The summed E-state index contributed by atoms with van der Waals surface area (Å²) in [6.45, 7) is 5.06. The molecule has 0 aliphatic heterocycles. The number of hydrogen-bond donors (Lipinski definition) is 3. The zero-order chi connectivity index (χ0) is 14.3. The molecule has 0 spiro atoms. The van der Waals surface area contributed by atoms with Crippen LogP contribution in [0.3, 0.4) is 0 Å². The van der Waals surface area contributed by atoms with Gasteiger partial charge in [0.25, 0.3) is 0 Å². The van der Waals surface area contributed by atoms with E-state index >= 15 is 0 Å². The van der Waals surface area contributed by atoms with Crippen LogP contribution < -0.4 is 10.6 Å². The van der Waals surface area contributed by atoms with Gasteiger partial charge in [-0.25, -0.2) is 14.3 Å². The van der Waals surface area contributed by atoms with E-state index < -0.39 is 5.97 Å². The summed E-state index contributed by atoms with van der Waals surface area (Å²) < 4.78 is 1.36. The van der Waals surface area contributed by atoms with Crippen LogP contribution in [0.25, 0.3) is 0 Å². The van der Waals surface area contributed by atoms with Crippen molar-refractivity contribution in [3.63, 3.8) is 0 Å². The minimum absolute atomic E-state index is 0.118. The number of rotatable bonds is 6. The molecule has 0 radical (unpaired) electrons. The molecule has 0 aliphatic rings. The second kappa shape index (κ2) is 7.14. The van der Waals surface area contributed by atoms with Crippen molar-refractivity contribution in [3.8, 4) is 0 Å². The Morgan fingerprint density at radius 1 is 1.42 bits per heavy atom. The van der Waals surface area contributed by atoms with E-state index in [0.29, 0.717) is 19.6 Å². The highest BCUT2D eigenvalue weighted by atomic mass is 16.4. The van der Waals surface area contributed by atoms with Crippen LogP contribution in [0.5, 0.6) is 0 Å². The lowest BCUT2D eigenvalue weighted by Gasteiger charge is -2.05. The molecule has 0 aromatic carbocycles. The summed E-state index contributed by atoms with van der Waals surface area (Å²) in [6, 6.07) is -0.281. The normalized spacial score (nSPS) is 9.79. The first-order chi connectivity index (χ1) is 8.99. The number of carboxylic acids is 1. The van der Waals surface area contributed by atoms with E-state index in [4.69, 9.17) is 5.11 Å². The largest absolute Gasteiger partial charge is 0.476 e. The quantitative estimate of drug-likeness (QED) is 0.640. The number of carboxylic acid groups (broad SMARTS) is 1. The van der Waals surface area contributed by atoms with Gasteiger partial charge in [-0.1, -0.05) is 16.9 Å². The Labute approximate surface area is 110 Å². The zero-order valence-corrected chi connectivity index (χ0v) is 10.9. The van der Waals surface area contributed by atoms with Crippen molar-refractivity contribution in [2.75, 3.05) is 13.1 Å². The highest BCUT2D eigenvalue weighted by Gasteiger charge is 2.07. The first kappa shape index (κ1) is 14.7. The van der Waals surface area contributed by atoms with Crippen molar-refractivity contribution < 1.29 is 14.7 Å². The van der Waals surface area contributed by atoms with Crippen LogP contribution in [-0.4, -0.2) is 45.2 Å². The van der Waals surface area contributed by atoms with Crippen molar-refractivity contribution in [2.45, 2.75) is 20.4 Å². The molecule has 1 aromatic heterocycles. The van der Waals surface area contributed by atoms with Gasteiger partial charge in [-0.15, -0.1) is 5.10 Å². The number of urea groups is 1. The van der Waals surface area contributed by atoms with E-state index in [2.05, 4.69) is 20.9 Å². The van der Waals surface area contributed by atoms with E-state index in [1.165, 1.54) is 10.9 Å². The first-order valence-electron chi connectivity index (χ1n) is 5.77. The Balaban J connectivity index is 2.24. The van der Waals surface area contributed by atoms with Crippen LogP contribution in [0.4, 0.5) is 4.79 Å². The summed E-state index contributed by atoms with van der Waals surface area (Å²) in [4.78, 5) is 21.9. The maximum Gasteiger partial charge on any atom is 0.358 e. The van der Waals surface area contributed by atoms with E-state index in [1.54, 1.807) is 0 Å². The fraction of sp³-hybridized carbons (Fsp3) is 0.455. The summed E-state index contributed by atoms with van der Waals surface area (Å²) >= 11 is 0. The third-order valence-corrected chi connectivity index (χ3v) is 2.16. The monoisotopic (exact) mass is 267 g/mol. The molecule has 0 unspecified atom stereocenters. The standard InChI is InChI=1S/C11H17N5O3/c1-8(2)3-4-12-11(19)13-5-6-16-7-9(10(17)18)14-15-16/h3,7H,4-6H2,1-2H3,(H,17,18)(H2,12,13,19). The van der Waals surface area contributed by atoms with E-state index in [9.17, 15) is 9.59 Å². The van der Waals surface area contributed by atoms with E-state index in [0.717, 1.165) is 5.57 Å². The average molecular weight is 267 g/mol. The van der Waals surface area contributed by atoms with Crippen molar-refractivity contribution in [2.24, 2.45) is 0 Å². The van der Waals surface area contributed by atoms with Gasteiger partial charge >= 0.3 is 12.0 Å². The Morgan fingerprint density at radius 3 is 2.74 bits per heavy atom. The Hall–Kier alpha value is -2.38. The fourth-order valence-corrected chi connectivity index (χ4v) is 1.20. The van der Waals surface area contributed by atoms with E-state index in [-0.39, 0.29) is 11.7 Å². The predicted molar refractivity (Wildman–Crippen MR) is 67.8 cm³/mol. The molecule has 0 atom stereocenters. The maximum absolute atomic E-state index is 11.3. The molecular weight excluding hydrogens is 250 g/mol. The lowest BCUT2D eigenvalue weighted by molar-refractivity contribution is 0.0690. The minimum Gasteiger partial charge on any atom is -0.476 e. The Kier molecular flexibility index (Phi) is 5.52. The number of allylic oxidation sites excluding steroid dienone is 1. The van der Waals surface area contributed by atoms with Gasteiger partial charge in [0.2, 0.25) is 0 Å². The van der Waals surface area contributed by atoms with E-state index in [1.807, 2.05) is 19.9 Å². The molecule has 0 saturated carbocycles. The smallest absolute Gasteiger partial charge is 0.358 e. The number of carbonyl (C=O) groups is 2. The molecule has 0 saturated heterocycles. The molecule has 1 aromatic rings. The van der Waals surface area contributed by atoms with Gasteiger partial charge in [0, 0.05) is 13.1 Å². The second-order valence-corrected chi connectivity index (χ2v) is 4.09. The van der Waals surface area contributed by atoms with Crippen molar-refractivity contribution in [3.05, 3.63) is 23.5 Å². The maximum atomic E-state index is 11.3. The third kappa shape index (κ3) is 5.66. The second-order valence-electron chi connectivity index (χ2n) is 4.09. The average Bonchev–Trinajstić information content (AvgIpc) is 2.77. The number of nitrogens with one attached hydrogen (secondary N) is 2. The number of aromatic nitrogens is 3. The summed E-state index contributed by atoms with van der Waals surface area (Å²) in [7, 11) is 0. The summed E-state index contributed by atoms with van der Waals surface area (Å²) in [5, 5.41) is 21.0. The highest BCUT2D eigenvalue weighted by molar-refractivity contribution is 5.84. The van der Waals surface area contributed by atoms with Crippen LogP contribution in [0.1, 0.15) is 24.3 Å². The van der Waals surface area contributed by atoms with Crippen LogP contribution in [0, 0.1) is 0 Å². The lowest BCUT2D eigenvalue weighted by Crippen LogP contribution is -2.37. The van der Waals surface area contributed by atoms with Crippen LogP contribution in [-0.2, 0) is 6.54 Å².